The molecule has 1 aromatic carbocycles. The van der Waals surface area contributed by atoms with Gasteiger partial charge in [-0.2, -0.15) is 13.2 Å². The Kier molecular flexibility index (Phi) is 8.33. The lowest BCUT2D eigenvalue weighted by atomic mass is 9.86. The molecule has 1 aromatic rings. The topological polar surface area (TPSA) is 90.9 Å². The number of carbonyl (C=O) groups is 2. The van der Waals surface area contributed by atoms with Crippen LogP contribution < -0.4 is 10.6 Å². The molecule has 3 N–H and O–H groups in total. The van der Waals surface area contributed by atoms with Crippen LogP contribution in [0.2, 0.25) is 0 Å². The van der Waals surface area contributed by atoms with Gasteiger partial charge < -0.3 is 25.4 Å². The molecule has 0 radical (unpaired) electrons. The Balaban J connectivity index is 1.49. The van der Waals surface area contributed by atoms with E-state index in [1.54, 1.807) is 0 Å². The number of amides is 1. The van der Waals surface area contributed by atoms with E-state index in [1.165, 1.54) is 10.5 Å². The minimum atomic E-state index is -4.56. The summed E-state index contributed by atoms with van der Waals surface area (Å²) in [6.45, 7) is 4.22. The van der Waals surface area contributed by atoms with Crippen molar-refractivity contribution in [2.75, 3.05) is 25.0 Å². The smallest absolute Gasteiger partial charge is 0.425 e. The van der Waals surface area contributed by atoms with Gasteiger partial charge in [0.2, 0.25) is 0 Å². The number of aliphatic carboxylic acids is 1. The van der Waals surface area contributed by atoms with Gasteiger partial charge in [-0.1, -0.05) is 6.07 Å². The second-order valence-electron chi connectivity index (χ2n) is 9.55. The van der Waals surface area contributed by atoms with E-state index in [9.17, 15) is 22.8 Å². The van der Waals surface area contributed by atoms with E-state index < -0.39 is 24.3 Å². The van der Waals surface area contributed by atoms with Gasteiger partial charge in [0, 0.05) is 43.3 Å². The molecule has 10 heteroatoms. The van der Waals surface area contributed by atoms with E-state index >= 15 is 0 Å². The van der Waals surface area contributed by atoms with Gasteiger partial charge in [0.1, 0.15) is 0 Å². The summed E-state index contributed by atoms with van der Waals surface area (Å²) in [5, 5.41) is 15.8. The zero-order valence-corrected chi connectivity index (χ0v) is 19.7. The van der Waals surface area contributed by atoms with Gasteiger partial charge >= 0.3 is 18.2 Å². The molecule has 190 valence electrons. The molecule has 3 rings (SSSR count). The number of piperidine rings is 1. The number of hydrogen-bond donors (Lipinski definition) is 3. The van der Waals surface area contributed by atoms with Crippen LogP contribution in [0, 0.1) is 6.92 Å². The number of carboxylic acids is 1. The van der Waals surface area contributed by atoms with Crippen LogP contribution in [0.25, 0.3) is 0 Å². The summed E-state index contributed by atoms with van der Waals surface area (Å²) in [6, 6.07) is 6.57. The van der Waals surface area contributed by atoms with Crippen LogP contribution in [0.3, 0.4) is 0 Å². The zero-order chi connectivity index (χ0) is 24.9. The number of carbonyl (C=O) groups excluding carboxylic acids is 1. The first-order valence-corrected chi connectivity index (χ1v) is 11.8. The highest BCUT2D eigenvalue weighted by Gasteiger charge is 2.44. The largest absolute Gasteiger partial charge is 0.481 e. The summed E-state index contributed by atoms with van der Waals surface area (Å²) < 4.78 is 42.6. The second-order valence-corrected chi connectivity index (χ2v) is 9.55. The van der Waals surface area contributed by atoms with E-state index in [1.807, 2.05) is 13.0 Å². The predicted octanol–water partition coefficient (Wildman–Crippen LogP) is 4.49. The highest BCUT2D eigenvalue weighted by Crippen LogP contribution is 2.35. The molecule has 1 spiro atoms. The minimum absolute atomic E-state index is 0.0984. The second kappa shape index (κ2) is 10.8. The molecule has 2 aliphatic heterocycles. The summed E-state index contributed by atoms with van der Waals surface area (Å²) in [4.78, 5) is 24.1. The molecule has 2 unspecified atom stereocenters. The van der Waals surface area contributed by atoms with Gasteiger partial charge in [-0.3, -0.25) is 4.79 Å². The van der Waals surface area contributed by atoms with Crippen molar-refractivity contribution in [1.29, 1.82) is 0 Å². The maximum atomic E-state index is 12.7. The molecule has 2 saturated heterocycles. The van der Waals surface area contributed by atoms with E-state index in [-0.39, 0.29) is 18.0 Å². The Morgan fingerprint density at radius 1 is 1.26 bits per heavy atom. The minimum Gasteiger partial charge on any atom is -0.481 e. The predicted molar refractivity (Wildman–Crippen MR) is 122 cm³/mol. The van der Waals surface area contributed by atoms with Crippen molar-refractivity contribution >= 4 is 17.7 Å². The number of aryl methyl sites for hydroxylation is 1. The van der Waals surface area contributed by atoms with E-state index in [0.717, 1.165) is 37.4 Å². The monoisotopic (exact) mass is 485 g/mol. The number of alkyl halides is 3. The number of nitrogens with one attached hydrogen (secondary N) is 2. The number of ether oxygens (including phenoxy) is 1. The molecule has 2 aliphatic rings. The number of hydrogen-bond acceptors (Lipinski definition) is 5. The first kappa shape index (κ1) is 26.1. The molecular weight excluding hydrogens is 451 g/mol. The number of anilines is 1. The lowest BCUT2D eigenvalue weighted by molar-refractivity contribution is -0.200. The van der Waals surface area contributed by atoms with Crippen LogP contribution >= 0.6 is 0 Å². The molecule has 0 aliphatic carbocycles. The fourth-order valence-electron chi connectivity index (χ4n) is 4.82. The van der Waals surface area contributed by atoms with E-state index in [2.05, 4.69) is 27.5 Å². The number of likely N-dealkylation sites (tertiary alicyclic amines) is 1. The number of carboxylic acid groups (broad SMARTS) is 1. The molecule has 1 amide bonds. The maximum absolute atomic E-state index is 12.7. The van der Waals surface area contributed by atoms with Crippen LogP contribution in [-0.2, 0) is 16.0 Å². The van der Waals surface area contributed by atoms with Crippen molar-refractivity contribution in [2.45, 2.75) is 82.7 Å². The van der Waals surface area contributed by atoms with Crippen LogP contribution in [0.5, 0.6) is 0 Å². The third-order valence-electron chi connectivity index (χ3n) is 6.71. The number of rotatable bonds is 8. The van der Waals surface area contributed by atoms with Gasteiger partial charge in [-0.25, -0.2) is 4.79 Å². The van der Waals surface area contributed by atoms with Crippen molar-refractivity contribution in [3.63, 3.8) is 0 Å². The Morgan fingerprint density at radius 3 is 2.62 bits per heavy atom. The molecular formula is C24H34F3N3O4. The standard InChI is InChI=1S/C24H34F3N3O4/c1-16-12-18(15-20(13-16)28-9-3-4-21(31)32)14-19-5-6-23(29-19)7-10-30(11-8-23)22(33)34-17(2)24(25,26)27/h12-13,15,17,19,28-29H,3-11,14H2,1-2H3,(H,31,32). The Bertz CT molecular complexity index is 870. The normalized spacial score (nSPS) is 20.9. The number of halogens is 3. The van der Waals surface area contributed by atoms with Crippen LogP contribution in [0.4, 0.5) is 23.7 Å². The van der Waals surface area contributed by atoms with Gasteiger partial charge in [0.05, 0.1) is 0 Å². The molecule has 0 bridgehead atoms. The van der Waals surface area contributed by atoms with Gasteiger partial charge in [0.25, 0.3) is 0 Å². The first-order valence-electron chi connectivity index (χ1n) is 11.8. The van der Waals surface area contributed by atoms with Crippen LogP contribution in [0.1, 0.15) is 56.6 Å². The third kappa shape index (κ3) is 7.25. The molecule has 7 nitrogen and oxygen atoms in total. The lowest BCUT2D eigenvalue weighted by Crippen LogP contribution is -2.53. The Hall–Kier alpha value is -2.49. The summed E-state index contributed by atoms with van der Waals surface area (Å²) in [5.41, 5.74) is 3.20. The summed E-state index contributed by atoms with van der Waals surface area (Å²) >= 11 is 0. The summed E-state index contributed by atoms with van der Waals surface area (Å²) in [7, 11) is 0. The number of nitrogens with zero attached hydrogens (tertiary/aromatic N) is 1. The molecule has 0 saturated carbocycles. The van der Waals surface area contributed by atoms with Crippen molar-refractivity contribution in [3.05, 3.63) is 29.3 Å². The average molecular weight is 486 g/mol. The highest BCUT2D eigenvalue weighted by molar-refractivity contribution is 5.68. The summed E-state index contributed by atoms with van der Waals surface area (Å²) in [5.74, 6) is -0.799. The zero-order valence-electron chi connectivity index (χ0n) is 19.7. The molecule has 2 atom stereocenters. The molecule has 2 heterocycles. The first-order chi connectivity index (χ1) is 16.0. The van der Waals surface area contributed by atoms with E-state index in [0.29, 0.717) is 38.9 Å². The maximum Gasteiger partial charge on any atom is 0.425 e. The van der Waals surface area contributed by atoms with Gasteiger partial charge in [0.15, 0.2) is 6.10 Å². The van der Waals surface area contributed by atoms with Crippen LogP contribution in [-0.4, -0.2) is 65.6 Å². The Morgan fingerprint density at radius 2 is 1.97 bits per heavy atom. The fourth-order valence-corrected chi connectivity index (χ4v) is 4.82. The quantitative estimate of drug-likeness (QED) is 0.470. The van der Waals surface area contributed by atoms with Crippen molar-refractivity contribution < 1.29 is 32.6 Å². The molecule has 0 aromatic heterocycles. The van der Waals surface area contributed by atoms with Gasteiger partial charge in [-0.15, -0.1) is 0 Å². The van der Waals surface area contributed by atoms with Crippen molar-refractivity contribution in [2.24, 2.45) is 0 Å². The third-order valence-corrected chi connectivity index (χ3v) is 6.71. The van der Waals surface area contributed by atoms with Crippen LogP contribution in [0.15, 0.2) is 18.2 Å². The van der Waals surface area contributed by atoms with Crippen molar-refractivity contribution in [1.82, 2.24) is 10.2 Å². The molecule has 2 fully saturated rings. The van der Waals surface area contributed by atoms with Crippen molar-refractivity contribution in [3.8, 4) is 0 Å². The summed E-state index contributed by atoms with van der Waals surface area (Å²) in [6.07, 6.45) is -2.71. The van der Waals surface area contributed by atoms with Gasteiger partial charge in [-0.05, 0) is 75.6 Å². The highest BCUT2D eigenvalue weighted by atomic mass is 19.4. The molecule has 34 heavy (non-hydrogen) atoms. The SMILES string of the molecule is Cc1cc(CC2CCC3(CCN(C(=O)OC(C)C(F)(F)F)CC3)N2)cc(NCCCC(=O)O)c1. The lowest BCUT2D eigenvalue weighted by Gasteiger charge is -2.40. The number of benzene rings is 1. The Labute approximate surface area is 198 Å². The fraction of sp³-hybridized carbons (Fsp3) is 0.667. The average Bonchev–Trinajstić information content (AvgIpc) is 3.12. The van der Waals surface area contributed by atoms with E-state index in [4.69, 9.17) is 5.11 Å².